The van der Waals surface area contributed by atoms with Gasteiger partial charge in [0.15, 0.2) is 0 Å². The van der Waals surface area contributed by atoms with Crippen molar-refractivity contribution in [2.45, 2.75) is 53.5 Å². The van der Waals surface area contributed by atoms with Crippen LogP contribution < -0.4 is 5.32 Å². The first-order valence-corrected chi connectivity index (χ1v) is 10.7. The van der Waals surface area contributed by atoms with Crippen molar-refractivity contribution in [2.75, 3.05) is 26.2 Å². The van der Waals surface area contributed by atoms with E-state index in [1.165, 1.54) is 0 Å². The summed E-state index contributed by atoms with van der Waals surface area (Å²) in [6, 6.07) is 6.82. The van der Waals surface area contributed by atoms with Crippen LogP contribution in [-0.2, 0) is 9.59 Å². The minimum Gasteiger partial charge on any atom is -0.342 e. The van der Waals surface area contributed by atoms with E-state index in [2.05, 4.69) is 5.32 Å². The number of hydrogen-bond acceptors (Lipinski definition) is 3. The highest BCUT2D eigenvalue weighted by atomic mass is 16.2. The van der Waals surface area contributed by atoms with Crippen LogP contribution in [0.3, 0.4) is 0 Å². The van der Waals surface area contributed by atoms with Crippen molar-refractivity contribution in [2.24, 2.45) is 11.8 Å². The van der Waals surface area contributed by atoms with Gasteiger partial charge in [0, 0.05) is 37.7 Å². The molecular weight excluding hydrogens is 366 g/mol. The van der Waals surface area contributed by atoms with Crippen molar-refractivity contribution in [1.82, 2.24) is 15.1 Å². The molecule has 1 aliphatic heterocycles. The lowest BCUT2D eigenvalue weighted by Gasteiger charge is -2.38. The minimum atomic E-state index is -0.570. The molecule has 0 bridgehead atoms. The van der Waals surface area contributed by atoms with E-state index in [4.69, 9.17) is 0 Å². The van der Waals surface area contributed by atoms with Gasteiger partial charge in [-0.2, -0.15) is 0 Å². The Labute approximate surface area is 174 Å². The van der Waals surface area contributed by atoms with E-state index in [0.29, 0.717) is 44.6 Å². The maximum absolute atomic E-state index is 13.2. The van der Waals surface area contributed by atoms with Crippen LogP contribution in [0.2, 0.25) is 0 Å². The summed E-state index contributed by atoms with van der Waals surface area (Å²) >= 11 is 0. The van der Waals surface area contributed by atoms with E-state index >= 15 is 0 Å². The van der Waals surface area contributed by atoms with Crippen molar-refractivity contribution in [3.05, 3.63) is 35.4 Å². The Bertz CT molecular complexity index is 720. The van der Waals surface area contributed by atoms with Crippen LogP contribution in [0.5, 0.6) is 0 Å². The fraction of sp³-hybridized carbons (Fsp3) is 0.609. The number of aryl methyl sites for hydroxylation is 1. The second-order valence-corrected chi connectivity index (χ2v) is 8.15. The minimum absolute atomic E-state index is 0.0214. The summed E-state index contributed by atoms with van der Waals surface area (Å²) in [5.41, 5.74) is 1.57. The van der Waals surface area contributed by atoms with Crippen molar-refractivity contribution in [3.8, 4) is 0 Å². The predicted molar refractivity (Wildman–Crippen MR) is 115 cm³/mol. The van der Waals surface area contributed by atoms with Gasteiger partial charge in [0.1, 0.15) is 6.04 Å². The highest BCUT2D eigenvalue weighted by Crippen LogP contribution is 2.24. The van der Waals surface area contributed by atoms with Crippen molar-refractivity contribution in [3.63, 3.8) is 0 Å². The second-order valence-electron chi connectivity index (χ2n) is 8.15. The number of nitrogens with zero attached hydrogens (tertiary/aromatic N) is 2. The molecule has 0 aliphatic carbocycles. The molecule has 1 aromatic carbocycles. The van der Waals surface area contributed by atoms with Gasteiger partial charge in [-0.05, 0) is 51.7 Å². The fourth-order valence-corrected chi connectivity index (χ4v) is 3.94. The van der Waals surface area contributed by atoms with Crippen LogP contribution in [0.15, 0.2) is 24.3 Å². The number of likely N-dealkylation sites (N-methyl/N-ethyl adjacent to an activating group) is 1. The Morgan fingerprint density at radius 3 is 2.28 bits per heavy atom. The third-order valence-corrected chi connectivity index (χ3v) is 5.72. The average molecular weight is 402 g/mol. The Morgan fingerprint density at radius 1 is 1.14 bits per heavy atom. The maximum atomic E-state index is 13.2. The number of likely N-dealkylation sites (tertiary alicyclic amines) is 1. The maximum Gasteiger partial charge on any atom is 0.251 e. The van der Waals surface area contributed by atoms with Crippen LogP contribution in [-0.4, -0.2) is 59.7 Å². The van der Waals surface area contributed by atoms with Gasteiger partial charge < -0.3 is 15.1 Å². The molecule has 6 nitrogen and oxygen atoms in total. The number of benzene rings is 1. The first-order chi connectivity index (χ1) is 13.8. The lowest BCUT2D eigenvalue weighted by molar-refractivity contribution is -0.137. The normalized spacial score (nSPS) is 15.9. The van der Waals surface area contributed by atoms with Gasteiger partial charge in [-0.1, -0.05) is 31.5 Å². The van der Waals surface area contributed by atoms with Gasteiger partial charge in [0.05, 0.1) is 0 Å². The smallest absolute Gasteiger partial charge is 0.251 e. The first-order valence-electron chi connectivity index (χ1n) is 10.7. The standard InChI is InChI=1S/C23H35N3O3/c1-6-25(7-2)23(29)20(24-21(27)19-10-8-9-17(5)15-19)18-11-13-26(14-12-18)22(28)16(3)4/h8-10,15-16,18,20H,6-7,11-14H2,1-5H3,(H,24,27)/t20-/m0/s1. The largest absolute Gasteiger partial charge is 0.342 e. The zero-order valence-electron chi connectivity index (χ0n) is 18.4. The molecule has 6 heteroatoms. The van der Waals surface area contributed by atoms with E-state index in [1.807, 2.05) is 57.7 Å². The summed E-state index contributed by atoms with van der Waals surface area (Å²) in [5, 5.41) is 3.01. The Kier molecular flexibility index (Phi) is 8.23. The van der Waals surface area contributed by atoms with Crippen molar-refractivity contribution < 1.29 is 14.4 Å². The molecule has 2 rings (SSSR count). The number of amides is 3. The van der Waals surface area contributed by atoms with Crippen LogP contribution in [0.25, 0.3) is 0 Å². The van der Waals surface area contributed by atoms with Crippen molar-refractivity contribution >= 4 is 17.7 Å². The zero-order valence-corrected chi connectivity index (χ0v) is 18.4. The Hall–Kier alpha value is -2.37. The number of nitrogens with one attached hydrogen (secondary N) is 1. The number of carbonyl (C=O) groups is 3. The second kappa shape index (κ2) is 10.4. The molecule has 1 atom stereocenters. The molecule has 1 heterocycles. The quantitative estimate of drug-likeness (QED) is 0.764. The van der Waals surface area contributed by atoms with Crippen LogP contribution in [0, 0.1) is 18.8 Å². The summed E-state index contributed by atoms with van der Waals surface area (Å²) in [6.07, 6.45) is 1.43. The van der Waals surface area contributed by atoms with Gasteiger partial charge in [-0.15, -0.1) is 0 Å². The summed E-state index contributed by atoms with van der Waals surface area (Å²) in [4.78, 5) is 42.0. The number of hydrogen-bond donors (Lipinski definition) is 1. The molecule has 0 unspecified atom stereocenters. The van der Waals surface area contributed by atoms with Gasteiger partial charge in [-0.3, -0.25) is 14.4 Å². The monoisotopic (exact) mass is 401 g/mol. The third kappa shape index (κ3) is 5.81. The Morgan fingerprint density at radius 2 is 1.76 bits per heavy atom. The summed E-state index contributed by atoms with van der Waals surface area (Å²) in [6.45, 7) is 12.1. The molecule has 29 heavy (non-hydrogen) atoms. The third-order valence-electron chi connectivity index (χ3n) is 5.72. The number of rotatable bonds is 7. The van der Waals surface area contributed by atoms with Gasteiger partial charge in [-0.25, -0.2) is 0 Å². The molecule has 0 radical (unpaired) electrons. The SMILES string of the molecule is CCN(CC)C(=O)[C@@H](NC(=O)c1cccc(C)c1)C1CCN(C(=O)C(C)C)CC1. The Balaban J connectivity index is 2.17. The van der Waals surface area contributed by atoms with E-state index in [0.717, 1.165) is 5.56 Å². The van der Waals surface area contributed by atoms with Crippen molar-refractivity contribution in [1.29, 1.82) is 0 Å². The van der Waals surface area contributed by atoms with E-state index in [9.17, 15) is 14.4 Å². The first kappa shape index (κ1) is 22.9. The topological polar surface area (TPSA) is 69.7 Å². The van der Waals surface area contributed by atoms with E-state index in [-0.39, 0.29) is 29.6 Å². The molecular formula is C23H35N3O3. The number of piperidine rings is 1. The van der Waals surface area contributed by atoms with Gasteiger partial charge >= 0.3 is 0 Å². The molecule has 3 amide bonds. The molecule has 1 aliphatic rings. The van der Waals surface area contributed by atoms with E-state index in [1.54, 1.807) is 11.0 Å². The molecule has 1 N–H and O–H groups in total. The molecule has 1 aromatic rings. The molecule has 0 saturated carbocycles. The van der Waals surface area contributed by atoms with Gasteiger partial charge in [0.25, 0.3) is 5.91 Å². The van der Waals surface area contributed by atoms with Crippen LogP contribution >= 0.6 is 0 Å². The molecule has 0 aromatic heterocycles. The highest BCUT2D eigenvalue weighted by molar-refractivity contribution is 5.97. The summed E-state index contributed by atoms with van der Waals surface area (Å²) in [7, 11) is 0. The van der Waals surface area contributed by atoms with E-state index < -0.39 is 6.04 Å². The van der Waals surface area contributed by atoms with Gasteiger partial charge in [0.2, 0.25) is 11.8 Å². The molecule has 1 saturated heterocycles. The lowest BCUT2D eigenvalue weighted by atomic mass is 9.87. The molecule has 1 fully saturated rings. The van der Waals surface area contributed by atoms with Crippen LogP contribution in [0.4, 0.5) is 0 Å². The lowest BCUT2D eigenvalue weighted by Crippen LogP contribution is -2.55. The molecule has 160 valence electrons. The highest BCUT2D eigenvalue weighted by Gasteiger charge is 2.35. The summed E-state index contributed by atoms with van der Waals surface area (Å²) < 4.78 is 0. The number of carbonyl (C=O) groups excluding carboxylic acids is 3. The van der Waals surface area contributed by atoms with Crippen LogP contribution in [0.1, 0.15) is 56.5 Å². The zero-order chi connectivity index (χ0) is 21.6. The average Bonchev–Trinajstić information content (AvgIpc) is 2.72. The molecule has 0 spiro atoms. The fourth-order valence-electron chi connectivity index (χ4n) is 3.94. The summed E-state index contributed by atoms with van der Waals surface area (Å²) in [5.74, 6) is -0.114. The predicted octanol–water partition coefficient (Wildman–Crippen LogP) is 2.86.